The quantitative estimate of drug-likeness (QED) is 0.777. The van der Waals surface area contributed by atoms with E-state index in [2.05, 4.69) is 0 Å². The van der Waals surface area contributed by atoms with Crippen molar-refractivity contribution >= 4 is 15.7 Å². The highest BCUT2D eigenvalue weighted by Gasteiger charge is 2.22. The number of ether oxygens (including phenoxy) is 1. The maximum Gasteiger partial charge on any atom is 0.237 e. The summed E-state index contributed by atoms with van der Waals surface area (Å²) < 4.78 is 31.0. The van der Waals surface area contributed by atoms with Crippen LogP contribution in [-0.4, -0.2) is 41.0 Å². The van der Waals surface area contributed by atoms with Crippen molar-refractivity contribution in [1.29, 1.82) is 0 Å². The third-order valence-electron chi connectivity index (χ3n) is 2.83. The molecule has 0 aliphatic heterocycles. The summed E-state index contributed by atoms with van der Waals surface area (Å²) in [7, 11) is -1.89. The number of aryl methyl sites for hydroxylation is 1. The highest BCUT2D eigenvalue weighted by Crippen LogP contribution is 2.23. The van der Waals surface area contributed by atoms with Crippen LogP contribution in [0.3, 0.4) is 0 Å². The first-order valence-electron chi connectivity index (χ1n) is 6.28. The highest BCUT2D eigenvalue weighted by molar-refractivity contribution is 7.92. The van der Waals surface area contributed by atoms with Gasteiger partial charge in [-0.3, -0.25) is 4.31 Å². The van der Waals surface area contributed by atoms with E-state index >= 15 is 0 Å². The minimum Gasteiger partial charge on any atom is -0.384 e. The van der Waals surface area contributed by atoms with E-state index in [1.54, 1.807) is 0 Å². The Morgan fingerprint density at radius 2 is 2.00 bits per heavy atom. The number of anilines is 1. The summed E-state index contributed by atoms with van der Waals surface area (Å²) in [6, 6.07) is 7.44. The van der Waals surface area contributed by atoms with Crippen LogP contribution in [0.2, 0.25) is 0 Å². The van der Waals surface area contributed by atoms with Crippen LogP contribution in [-0.2, 0) is 14.8 Å². The summed E-state index contributed by atoms with van der Waals surface area (Å²) in [5, 5.41) is 0. The van der Waals surface area contributed by atoms with Crippen LogP contribution in [0, 0.1) is 6.92 Å². The molecule has 0 aliphatic carbocycles. The molecule has 6 heteroatoms. The smallest absolute Gasteiger partial charge is 0.237 e. The van der Waals surface area contributed by atoms with Crippen LogP contribution >= 0.6 is 0 Å². The van der Waals surface area contributed by atoms with Crippen molar-refractivity contribution in [2.45, 2.75) is 13.3 Å². The van der Waals surface area contributed by atoms with Gasteiger partial charge in [0.2, 0.25) is 10.0 Å². The SMILES string of the molecule is COCCS(=O)(=O)N(CCCN)c1ccccc1C. The van der Waals surface area contributed by atoms with E-state index in [1.807, 2.05) is 31.2 Å². The van der Waals surface area contributed by atoms with Crippen LogP contribution in [0.25, 0.3) is 0 Å². The van der Waals surface area contributed by atoms with Gasteiger partial charge in [-0.2, -0.15) is 0 Å². The molecular formula is C13H22N2O3S. The third-order valence-corrected chi connectivity index (χ3v) is 4.56. The molecule has 19 heavy (non-hydrogen) atoms. The molecule has 0 saturated carbocycles. The summed E-state index contributed by atoms with van der Waals surface area (Å²) in [6.07, 6.45) is 0.626. The molecule has 0 atom stereocenters. The first-order valence-corrected chi connectivity index (χ1v) is 7.89. The minimum absolute atomic E-state index is 0.0254. The highest BCUT2D eigenvalue weighted by atomic mass is 32.2. The Balaban J connectivity index is 3.04. The second-order valence-corrected chi connectivity index (χ2v) is 6.32. The monoisotopic (exact) mass is 286 g/mol. The van der Waals surface area contributed by atoms with E-state index < -0.39 is 10.0 Å². The fourth-order valence-corrected chi connectivity index (χ4v) is 3.30. The van der Waals surface area contributed by atoms with Gasteiger partial charge in [-0.1, -0.05) is 18.2 Å². The van der Waals surface area contributed by atoms with Crippen LogP contribution in [0.15, 0.2) is 24.3 Å². The third kappa shape index (κ3) is 4.49. The topological polar surface area (TPSA) is 72.6 Å². The second-order valence-electron chi connectivity index (χ2n) is 4.31. The molecule has 2 N–H and O–H groups in total. The molecule has 1 aromatic rings. The van der Waals surface area contributed by atoms with Crippen LogP contribution in [0.4, 0.5) is 5.69 Å². The number of para-hydroxylation sites is 1. The van der Waals surface area contributed by atoms with E-state index in [1.165, 1.54) is 11.4 Å². The van der Waals surface area contributed by atoms with Gasteiger partial charge in [0, 0.05) is 13.7 Å². The molecule has 0 saturated heterocycles. The van der Waals surface area contributed by atoms with Crippen molar-refractivity contribution in [3.63, 3.8) is 0 Å². The van der Waals surface area contributed by atoms with Gasteiger partial charge in [0.25, 0.3) is 0 Å². The Labute approximate surface area is 115 Å². The first kappa shape index (κ1) is 15.9. The molecule has 0 spiro atoms. The summed E-state index contributed by atoms with van der Waals surface area (Å²) in [6.45, 7) is 2.94. The van der Waals surface area contributed by atoms with Gasteiger partial charge in [0.05, 0.1) is 18.0 Å². The molecule has 0 amide bonds. The Hall–Kier alpha value is -1.11. The van der Waals surface area contributed by atoms with Gasteiger partial charge in [0.15, 0.2) is 0 Å². The Morgan fingerprint density at radius 3 is 2.58 bits per heavy atom. The number of nitrogens with zero attached hydrogens (tertiary/aromatic N) is 1. The molecule has 1 rings (SSSR count). The number of rotatable bonds is 8. The van der Waals surface area contributed by atoms with Gasteiger partial charge in [0.1, 0.15) is 0 Å². The molecule has 0 heterocycles. The van der Waals surface area contributed by atoms with Crippen molar-refractivity contribution < 1.29 is 13.2 Å². The van der Waals surface area contributed by atoms with Crippen molar-refractivity contribution in [3.05, 3.63) is 29.8 Å². The molecule has 1 aromatic carbocycles. The maximum atomic E-state index is 12.4. The molecule has 0 bridgehead atoms. The summed E-state index contributed by atoms with van der Waals surface area (Å²) in [5.74, 6) is -0.0254. The number of hydrogen-bond donors (Lipinski definition) is 1. The van der Waals surface area contributed by atoms with E-state index in [-0.39, 0.29) is 12.4 Å². The molecule has 5 nitrogen and oxygen atoms in total. The van der Waals surface area contributed by atoms with Crippen LogP contribution in [0.1, 0.15) is 12.0 Å². The van der Waals surface area contributed by atoms with Crippen molar-refractivity contribution in [3.8, 4) is 0 Å². The predicted octanol–water partition coefficient (Wildman–Crippen LogP) is 1.13. The van der Waals surface area contributed by atoms with E-state index in [0.717, 1.165) is 5.56 Å². The van der Waals surface area contributed by atoms with Gasteiger partial charge in [-0.15, -0.1) is 0 Å². The molecule has 0 aliphatic rings. The van der Waals surface area contributed by atoms with Crippen LogP contribution < -0.4 is 10.0 Å². The van der Waals surface area contributed by atoms with E-state index in [4.69, 9.17) is 10.5 Å². The van der Waals surface area contributed by atoms with Gasteiger partial charge < -0.3 is 10.5 Å². The zero-order valence-electron chi connectivity index (χ0n) is 11.5. The molecule has 0 aromatic heterocycles. The molecule has 0 fully saturated rings. The summed E-state index contributed by atoms with van der Waals surface area (Å²) >= 11 is 0. The van der Waals surface area contributed by atoms with Crippen LogP contribution in [0.5, 0.6) is 0 Å². The Kier molecular flexibility index (Phi) is 6.27. The average Bonchev–Trinajstić information content (AvgIpc) is 2.38. The number of sulfonamides is 1. The standard InChI is InChI=1S/C13H22N2O3S/c1-12-6-3-4-7-13(12)15(9-5-8-14)19(16,17)11-10-18-2/h3-4,6-7H,5,8-11,14H2,1-2H3. The Bertz CT molecular complexity index is 488. The fourth-order valence-electron chi connectivity index (χ4n) is 1.79. The normalized spacial score (nSPS) is 11.5. The zero-order valence-corrected chi connectivity index (χ0v) is 12.3. The number of nitrogens with two attached hydrogens (primary N) is 1. The maximum absolute atomic E-state index is 12.4. The summed E-state index contributed by atoms with van der Waals surface area (Å²) in [5.41, 5.74) is 7.14. The van der Waals surface area contributed by atoms with Gasteiger partial charge in [-0.25, -0.2) is 8.42 Å². The molecule has 108 valence electrons. The lowest BCUT2D eigenvalue weighted by molar-refractivity contribution is 0.217. The Morgan fingerprint density at radius 1 is 1.32 bits per heavy atom. The number of benzene rings is 1. The van der Waals surface area contributed by atoms with Gasteiger partial charge >= 0.3 is 0 Å². The first-order chi connectivity index (χ1) is 9.03. The zero-order chi connectivity index (χ0) is 14.3. The lowest BCUT2D eigenvalue weighted by atomic mass is 10.2. The molecular weight excluding hydrogens is 264 g/mol. The van der Waals surface area contributed by atoms with Crippen molar-refractivity contribution in [2.24, 2.45) is 5.73 Å². The average molecular weight is 286 g/mol. The number of methoxy groups -OCH3 is 1. The van der Waals surface area contributed by atoms with E-state index in [9.17, 15) is 8.42 Å². The van der Waals surface area contributed by atoms with Gasteiger partial charge in [-0.05, 0) is 31.5 Å². The lowest BCUT2D eigenvalue weighted by Crippen LogP contribution is -2.36. The summed E-state index contributed by atoms with van der Waals surface area (Å²) in [4.78, 5) is 0. The van der Waals surface area contributed by atoms with Crippen molar-refractivity contribution in [2.75, 3.05) is 36.9 Å². The largest absolute Gasteiger partial charge is 0.384 e. The second kappa shape index (κ2) is 7.47. The molecule has 0 unspecified atom stereocenters. The lowest BCUT2D eigenvalue weighted by Gasteiger charge is -2.25. The minimum atomic E-state index is -3.38. The fraction of sp³-hybridized carbons (Fsp3) is 0.538. The predicted molar refractivity (Wildman–Crippen MR) is 77.9 cm³/mol. The van der Waals surface area contributed by atoms with E-state index in [0.29, 0.717) is 25.2 Å². The number of hydrogen-bond acceptors (Lipinski definition) is 4. The van der Waals surface area contributed by atoms with Crippen molar-refractivity contribution in [1.82, 2.24) is 0 Å². The molecule has 0 radical (unpaired) electrons.